The molecule has 1 fully saturated rings. The van der Waals surface area contributed by atoms with E-state index in [1.54, 1.807) is 6.07 Å². The maximum atomic E-state index is 13.5. The predicted octanol–water partition coefficient (Wildman–Crippen LogP) is 4.32. The molecule has 0 unspecified atom stereocenters. The SMILES string of the molecule is Oc1ccc(-c2nsc(-c3ccc(N4CCCC4)cc3)n2)cc1F. The molecule has 0 spiro atoms. The van der Waals surface area contributed by atoms with Crippen molar-refractivity contribution in [1.29, 1.82) is 0 Å². The summed E-state index contributed by atoms with van der Waals surface area (Å²) in [5, 5.41) is 10.1. The fraction of sp³-hybridized carbons (Fsp3) is 0.222. The second-order valence-corrected chi connectivity index (χ2v) is 6.58. The van der Waals surface area contributed by atoms with Crippen molar-refractivity contribution in [3.8, 4) is 27.7 Å². The van der Waals surface area contributed by atoms with Crippen molar-refractivity contribution in [3.05, 3.63) is 48.3 Å². The lowest BCUT2D eigenvalue weighted by Crippen LogP contribution is -2.17. The Bertz CT molecular complexity index is 857. The summed E-state index contributed by atoms with van der Waals surface area (Å²) in [6, 6.07) is 12.5. The van der Waals surface area contributed by atoms with Crippen LogP contribution in [0.25, 0.3) is 22.0 Å². The lowest BCUT2D eigenvalue weighted by molar-refractivity contribution is 0.432. The molecule has 1 aliphatic rings. The molecule has 24 heavy (non-hydrogen) atoms. The van der Waals surface area contributed by atoms with Crippen LogP contribution in [0.5, 0.6) is 5.75 Å². The number of aromatic nitrogens is 2. The second kappa shape index (κ2) is 6.20. The van der Waals surface area contributed by atoms with E-state index in [0.717, 1.165) is 23.7 Å². The van der Waals surface area contributed by atoms with Gasteiger partial charge >= 0.3 is 0 Å². The summed E-state index contributed by atoms with van der Waals surface area (Å²) in [5.41, 5.74) is 2.80. The molecule has 1 N–H and O–H groups in total. The number of hydrogen-bond donors (Lipinski definition) is 1. The Morgan fingerprint density at radius 1 is 1.00 bits per heavy atom. The van der Waals surface area contributed by atoms with Crippen molar-refractivity contribution in [1.82, 2.24) is 9.36 Å². The van der Waals surface area contributed by atoms with Crippen molar-refractivity contribution >= 4 is 17.2 Å². The van der Waals surface area contributed by atoms with E-state index >= 15 is 0 Å². The number of hydrogen-bond acceptors (Lipinski definition) is 5. The number of phenols is 1. The number of anilines is 1. The third kappa shape index (κ3) is 2.85. The van der Waals surface area contributed by atoms with Gasteiger partial charge in [0.05, 0.1) is 0 Å². The molecule has 0 bridgehead atoms. The van der Waals surface area contributed by atoms with E-state index in [2.05, 4.69) is 38.5 Å². The lowest BCUT2D eigenvalue weighted by Gasteiger charge is -2.17. The third-order valence-electron chi connectivity index (χ3n) is 4.22. The van der Waals surface area contributed by atoms with Gasteiger partial charge in [0.2, 0.25) is 0 Å². The number of rotatable bonds is 3. The fourth-order valence-corrected chi connectivity index (χ4v) is 3.58. The van der Waals surface area contributed by atoms with E-state index in [1.165, 1.54) is 42.2 Å². The Morgan fingerprint density at radius 2 is 1.71 bits per heavy atom. The molecular formula is C18H16FN3OS. The number of benzene rings is 2. The molecule has 1 aromatic heterocycles. The number of halogens is 1. The van der Waals surface area contributed by atoms with Gasteiger partial charge in [-0.3, -0.25) is 0 Å². The van der Waals surface area contributed by atoms with Gasteiger partial charge in [-0.15, -0.1) is 0 Å². The first kappa shape index (κ1) is 15.1. The molecule has 6 heteroatoms. The van der Waals surface area contributed by atoms with Crippen LogP contribution in [0.3, 0.4) is 0 Å². The molecule has 4 nitrogen and oxygen atoms in total. The fourth-order valence-electron chi connectivity index (χ4n) is 2.89. The van der Waals surface area contributed by atoms with Crippen molar-refractivity contribution < 1.29 is 9.50 Å². The number of phenolic OH excluding ortho intramolecular Hbond substituents is 1. The average Bonchev–Trinajstić information content (AvgIpc) is 3.29. The van der Waals surface area contributed by atoms with Gasteiger partial charge in [-0.2, -0.15) is 4.37 Å². The molecule has 0 radical (unpaired) electrons. The summed E-state index contributed by atoms with van der Waals surface area (Å²) in [6.45, 7) is 2.24. The minimum Gasteiger partial charge on any atom is -0.505 e. The van der Waals surface area contributed by atoms with Gasteiger partial charge in [0.1, 0.15) is 5.01 Å². The standard InChI is InChI=1S/C18H16FN3OS/c19-15-11-13(5-8-16(15)23)17-20-18(24-21-17)12-3-6-14(7-4-12)22-9-1-2-10-22/h3-8,11,23H,1-2,9-10H2. The van der Waals surface area contributed by atoms with E-state index in [-0.39, 0.29) is 5.75 Å². The Morgan fingerprint density at radius 3 is 2.42 bits per heavy atom. The molecule has 122 valence electrons. The second-order valence-electron chi connectivity index (χ2n) is 5.83. The first-order valence-electron chi connectivity index (χ1n) is 7.89. The highest BCUT2D eigenvalue weighted by Gasteiger charge is 2.14. The topological polar surface area (TPSA) is 49.3 Å². The van der Waals surface area contributed by atoms with Crippen LogP contribution in [0.2, 0.25) is 0 Å². The van der Waals surface area contributed by atoms with Crippen LogP contribution < -0.4 is 4.90 Å². The van der Waals surface area contributed by atoms with Crippen LogP contribution in [0, 0.1) is 5.82 Å². The van der Waals surface area contributed by atoms with Crippen LogP contribution in [-0.4, -0.2) is 27.6 Å². The molecule has 4 rings (SSSR count). The van der Waals surface area contributed by atoms with Crippen molar-refractivity contribution in [2.45, 2.75) is 12.8 Å². The quantitative estimate of drug-likeness (QED) is 0.771. The van der Waals surface area contributed by atoms with E-state index in [1.807, 2.05) is 0 Å². The minimum absolute atomic E-state index is 0.369. The molecular weight excluding hydrogens is 325 g/mol. The monoisotopic (exact) mass is 341 g/mol. The highest BCUT2D eigenvalue weighted by atomic mass is 32.1. The summed E-state index contributed by atoms with van der Waals surface area (Å²) in [4.78, 5) is 6.88. The first-order valence-corrected chi connectivity index (χ1v) is 8.66. The van der Waals surface area contributed by atoms with Gasteiger partial charge in [0.25, 0.3) is 0 Å². The van der Waals surface area contributed by atoms with E-state index < -0.39 is 5.82 Å². The molecule has 1 aliphatic heterocycles. The third-order valence-corrected chi connectivity index (χ3v) is 4.98. The van der Waals surface area contributed by atoms with Crippen molar-refractivity contribution in [3.63, 3.8) is 0 Å². The summed E-state index contributed by atoms with van der Waals surface area (Å²) in [5.74, 6) is -0.567. The Balaban J connectivity index is 1.58. The zero-order chi connectivity index (χ0) is 16.5. The molecule has 2 heterocycles. The average molecular weight is 341 g/mol. The van der Waals surface area contributed by atoms with E-state index in [4.69, 9.17) is 0 Å². The van der Waals surface area contributed by atoms with Crippen LogP contribution >= 0.6 is 11.5 Å². The van der Waals surface area contributed by atoms with Crippen LogP contribution in [0.15, 0.2) is 42.5 Å². The summed E-state index contributed by atoms with van der Waals surface area (Å²) in [7, 11) is 0. The number of nitrogens with zero attached hydrogens (tertiary/aromatic N) is 3. The van der Waals surface area contributed by atoms with Crippen molar-refractivity contribution in [2.75, 3.05) is 18.0 Å². The van der Waals surface area contributed by atoms with E-state index in [0.29, 0.717) is 11.4 Å². The Hall–Kier alpha value is -2.47. The molecule has 0 atom stereocenters. The highest BCUT2D eigenvalue weighted by Crippen LogP contribution is 2.29. The molecule has 3 aromatic rings. The minimum atomic E-state index is -0.668. The molecule has 1 saturated heterocycles. The first-order chi connectivity index (χ1) is 11.7. The Kier molecular flexibility index (Phi) is 3.90. The molecule has 0 saturated carbocycles. The van der Waals surface area contributed by atoms with Gasteiger partial charge in [0.15, 0.2) is 17.4 Å². The molecule has 2 aromatic carbocycles. The molecule has 0 amide bonds. The molecule has 0 aliphatic carbocycles. The predicted molar refractivity (Wildman–Crippen MR) is 93.9 cm³/mol. The van der Waals surface area contributed by atoms with E-state index in [9.17, 15) is 9.50 Å². The van der Waals surface area contributed by atoms with Crippen molar-refractivity contribution in [2.24, 2.45) is 0 Å². The summed E-state index contributed by atoms with van der Waals surface area (Å²) in [6.07, 6.45) is 2.51. The van der Waals surface area contributed by atoms with Crippen LogP contribution in [0.1, 0.15) is 12.8 Å². The smallest absolute Gasteiger partial charge is 0.173 e. The van der Waals surface area contributed by atoms with Crippen LogP contribution in [-0.2, 0) is 0 Å². The highest BCUT2D eigenvalue weighted by molar-refractivity contribution is 7.09. The van der Waals surface area contributed by atoms with Crippen LogP contribution in [0.4, 0.5) is 10.1 Å². The number of aromatic hydroxyl groups is 1. The zero-order valence-electron chi connectivity index (χ0n) is 12.9. The maximum absolute atomic E-state index is 13.5. The lowest BCUT2D eigenvalue weighted by atomic mass is 10.2. The van der Waals surface area contributed by atoms with Gasteiger partial charge < -0.3 is 10.0 Å². The zero-order valence-corrected chi connectivity index (χ0v) is 13.8. The summed E-state index contributed by atoms with van der Waals surface area (Å²) < 4.78 is 17.8. The van der Waals surface area contributed by atoms with Gasteiger partial charge in [-0.25, -0.2) is 9.37 Å². The van der Waals surface area contributed by atoms with Gasteiger partial charge in [-0.05, 0) is 66.8 Å². The normalized spacial score (nSPS) is 14.3. The largest absolute Gasteiger partial charge is 0.505 e. The Labute approximate surface area is 143 Å². The summed E-state index contributed by atoms with van der Waals surface area (Å²) >= 11 is 1.29. The van der Waals surface area contributed by atoms with Gasteiger partial charge in [-0.1, -0.05) is 0 Å². The van der Waals surface area contributed by atoms with Gasteiger partial charge in [0, 0.05) is 29.9 Å². The maximum Gasteiger partial charge on any atom is 0.173 e.